The zero-order valence-corrected chi connectivity index (χ0v) is 27.7. The van der Waals surface area contributed by atoms with Crippen molar-refractivity contribution in [2.45, 2.75) is 70.4 Å². The van der Waals surface area contributed by atoms with Crippen LogP contribution in [0.4, 0.5) is 23.4 Å². The monoisotopic (exact) mass is 676 g/mol. The number of nitrogens with zero attached hydrogens (tertiary/aromatic N) is 5. The molecule has 6 heterocycles. The highest BCUT2D eigenvalue weighted by Crippen LogP contribution is 2.45. The first-order valence-electron chi connectivity index (χ1n) is 17.2. The Hall–Kier alpha value is -4.21. The Morgan fingerprint density at radius 3 is 2.78 bits per heavy atom. The van der Waals surface area contributed by atoms with Gasteiger partial charge in [-0.2, -0.15) is 9.97 Å². The third-order valence-electron chi connectivity index (χ3n) is 10.5. The van der Waals surface area contributed by atoms with E-state index in [-0.39, 0.29) is 64.5 Å². The highest BCUT2D eigenvalue weighted by atomic mass is 19.3. The Bertz CT molecular complexity index is 1950. The first-order valence-corrected chi connectivity index (χ1v) is 17.2. The molecule has 2 aromatic carbocycles. The number of piperazine rings is 1. The summed E-state index contributed by atoms with van der Waals surface area (Å²) in [6.07, 6.45) is 6.82. The number of aromatic nitrogens is 3. The van der Waals surface area contributed by atoms with E-state index in [1.807, 2.05) is 13.8 Å². The molecule has 2 aromatic heterocycles. The van der Waals surface area contributed by atoms with Crippen molar-refractivity contribution in [3.63, 3.8) is 0 Å². The van der Waals surface area contributed by atoms with E-state index in [9.17, 15) is 18.3 Å². The third kappa shape index (κ3) is 5.80. The molecule has 3 fully saturated rings. The number of phenolic OH excluding ortho intramolecular Hbond substituents is 1. The highest BCUT2D eigenvalue weighted by molar-refractivity contribution is 6.03. The first kappa shape index (κ1) is 33.3. The Labute approximate surface area is 282 Å². The van der Waals surface area contributed by atoms with Gasteiger partial charge in [0.05, 0.1) is 22.2 Å². The number of aromatic hydroxyl groups is 1. The van der Waals surface area contributed by atoms with Gasteiger partial charge in [-0.15, -0.1) is 6.42 Å². The number of hydrogen-bond donors (Lipinski definition) is 2. The van der Waals surface area contributed by atoms with Gasteiger partial charge in [-0.3, -0.25) is 4.90 Å². The minimum Gasteiger partial charge on any atom is -0.508 e. The lowest BCUT2D eigenvalue weighted by Gasteiger charge is -2.36. The maximum Gasteiger partial charge on any atom is 0.319 e. The zero-order chi connectivity index (χ0) is 34.4. The number of anilines is 1. The van der Waals surface area contributed by atoms with Crippen LogP contribution in [0.1, 0.15) is 57.2 Å². The molecule has 49 heavy (non-hydrogen) atoms. The maximum atomic E-state index is 17.0. The van der Waals surface area contributed by atoms with E-state index < -0.39 is 23.6 Å². The van der Waals surface area contributed by atoms with Crippen LogP contribution in [0, 0.1) is 29.9 Å². The zero-order valence-electron chi connectivity index (χ0n) is 27.7. The van der Waals surface area contributed by atoms with Gasteiger partial charge in [0.2, 0.25) is 6.43 Å². The molecule has 3 unspecified atom stereocenters. The van der Waals surface area contributed by atoms with Crippen LogP contribution < -0.4 is 15.0 Å². The molecule has 0 spiro atoms. The highest BCUT2D eigenvalue weighted by Gasteiger charge is 2.49. The van der Waals surface area contributed by atoms with E-state index in [4.69, 9.17) is 21.1 Å². The van der Waals surface area contributed by atoms with Crippen LogP contribution >= 0.6 is 0 Å². The Kier molecular flexibility index (Phi) is 9.00. The minimum absolute atomic E-state index is 0.00309. The van der Waals surface area contributed by atoms with Gasteiger partial charge >= 0.3 is 6.01 Å². The largest absolute Gasteiger partial charge is 0.508 e. The van der Waals surface area contributed by atoms with Crippen molar-refractivity contribution in [2.24, 2.45) is 5.92 Å². The number of terminal acetylenes is 1. The van der Waals surface area contributed by atoms with Crippen molar-refractivity contribution >= 4 is 27.5 Å². The molecule has 8 nitrogen and oxygen atoms in total. The number of rotatable bonds is 6. The number of ether oxygens (including phenoxy) is 1. The second kappa shape index (κ2) is 13.2. The quantitative estimate of drug-likeness (QED) is 0.178. The number of fused-ring (bicyclic) bond motifs is 4. The molecule has 12 heteroatoms. The Morgan fingerprint density at radius 2 is 1.98 bits per heavy atom. The van der Waals surface area contributed by atoms with Gasteiger partial charge in [0, 0.05) is 49.6 Å². The van der Waals surface area contributed by atoms with E-state index in [0.717, 1.165) is 38.9 Å². The fraction of sp³-hybridized carbons (Fsp3) is 0.486. The predicted molar refractivity (Wildman–Crippen MR) is 181 cm³/mol. The molecule has 4 aromatic rings. The van der Waals surface area contributed by atoms with Crippen molar-refractivity contribution < 1.29 is 27.4 Å². The maximum absolute atomic E-state index is 17.0. The standard InChI is InChI=1S/C35H34F4N6O2.C2H6/c1-2-23-25(36)6-4-20-13-22(46)14-24(28(20)23)31-30(39)32-29-26(41-31)7-5-21-16-40-9-11-45(21)33(29)43-34(42-32)47-18-35-8-3-10-44(35)17-19(15-35)12-27(37)38;1-2/h1,4,6,13-14,19,21,27,40,46H,3,5,7-12,15-18H2;1-2H3. The summed E-state index contributed by atoms with van der Waals surface area (Å²) in [5.74, 6) is 1.27. The number of halogens is 4. The molecular weight excluding hydrogens is 636 g/mol. The summed E-state index contributed by atoms with van der Waals surface area (Å²) < 4.78 is 64.8. The molecule has 0 bridgehead atoms. The summed E-state index contributed by atoms with van der Waals surface area (Å²) in [6.45, 7) is 7.72. The molecule has 258 valence electrons. The molecule has 8 rings (SSSR count). The van der Waals surface area contributed by atoms with E-state index in [1.165, 1.54) is 24.3 Å². The van der Waals surface area contributed by atoms with Gasteiger partial charge < -0.3 is 20.1 Å². The molecule has 3 saturated heterocycles. The normalized spacial score (nSPS) is 23.2. The number of phenols is 1. The molecular formula is C37H40F4N6O2. The molecule has 0 saturated carbocycles. The second-order valence-corrected chi connectivity index (χ2v) is 13.3. The van der Waals surface area contributed by atoms with Crippen molar-refractivity contribution in [2.75, 3.05) is 44.2 Å². The van der Waals surface area contributed by atoms with Gasteiger partial charge in [-0.1, -0.05) is 25.8 Å². The van der Waals surface area contributed by atoms with Gasteiger partial charge in [-0.05, 0) is 68.2 Å². The van der Waals surface area contributed by atoms with Crippen molar-refractivity contribution in [3.8, 4) is 35.4 Å². The Morgan fingerprint density at radius 1 is 1.14 bits per heavy atom. The van der Waals surface area contributed by atoms with E-state index in [0.29, 0.717) is 48.2 Å². The SMILES string of the molecule is C#Cc1c(F)ccc2cc(O)cc(-c3nc4c5c(nc(OCC67CCCN6CC(CC(F)F)C7)nc5c3F)N3CCNCC3CC4)c12.CC. The first-order chi connectivity index (χ1) is 23.7. The fourth-order valence-electron chi connectivity index (χ4n) is 8.45. The van der Waals surface area contributed by atoms with Gasteiger partial charge in [0.25, 0.3) is 0 Å². The summed E-state index contributed by atoms with van der Waals surface area (Å²) in [4.78, 5) is 18.7. The number of alkyl halides is 2. The van der Waals surface area contributed by atoms with E-state index in [1.54, 1.807) is 0 Å². The van der Waals surface area contributed by atoms with Crippen LogP contribution in [0.5, 0.6) is 11.8 Å². The van der Waals surface area contributed by atoms with Crippen molar-refractivity contribution in [3.05, 3.63) is 47.2 Å². The molecule has 0 aliphatic carbocycles. The lowest BCUT2D eigenvalue weighted by molar-refractivity contribution is 0.106. The van der Waals surface area contributed by atoms with Crippen LogP contribution in [0.15, 0.2) is 24.3 Å². The molecule has 4 aliphatic heterocycles. The average Bonchev–Trinajstić information content (AvgIpc) is 3.59. The lowest BCUT2D eigenvalue weighted by Crippen LogP contribution is -2.51. The topological polar surface area (TPSA) is 86.6 Å². The summed E-state index contributed by atoms with van der Waals surface area (Å²) >= 11 is 0. The molecule has 3 atom stereocenters. The van der Waals surface area contributed by atoms with Gasteiger partial charge in [0.15, 0.2) is 5.82 Å². The number of aryl methyl sites for hydroxylation is 1. The molecule has 0 radical (unpaired) electrons. The number of benzene rings is 2. The number of nitrogens with one attached hydrogen (secondary N) is 1. The smallest absolute Gasteiger partial charge is 0.319 e. The fourth-order valence-corrected chi connectivity index (χ4v) is 8.45. The minimum atomic E-state index is -2.36. The van der Waals surface area contributed by atoms with E-state index >= 15 is 4.39 Å². The molecule has 0 amide bonds. The van der Waals surface area contributed by atoms with Crippen LogP contribution in [0.2, 0.25) is 0 Å². The Balaban J connectivity index is 0.00000186. The number of pyridine rings is 1. The van der Waals surface area contributed by atoms with Gasteiger partial charge in [0.1, 0.15) is 35.2 Å². The van der Waals surface area contributed by atoms with Crippen LogP contribution in [0.25, 0.3) is 32.9 Å². The van der Waals surface area contributed by atoms with Crippen molar-refractivity contribution in [1.82, 2.24) is 25.2 Å². The predicted octanol–water partition coefficient (Wildman–Crippen LogP) is 6.45. The van der Waals surface area contributed by atoms with Crippen LogP contribution in [-0.4, -0.2) is 82.3 Å². The average molecular weight is 677 g/mol. The molecule has 2 N–H and O–H groups in total. The molecule has 4 aliphatic rings. The van der Waals surface area contributed by atoms with E-state index in [2.05, 4.69) is 26.0 Å². The number of hydrogen-bond acceptors (Lipinski definition) is 8. The summed E-state index contributed by atoms with van der Waals surface area (Å²) in [5.41, 5.74) is 0.215. The van der Waals surface area contributed by atoms with Crippen LogP contribution in [0.3, 0.4) is 0 Å². The third-order valence-corrected chi connectivity index (χ3v) is 10.5. The lowest BCUT2D eigenvalue weighted by atomic mass is 9.89. The van der Waals surface area contributed by atoms with Crippen molar-refractivity contribution in [1.29, 1.82) is 0 Å². The summed E-state index contributed by atoms with van der Waals surface area (Å²) in [7, 11) is 0. The second-order valence-electron chi connectivity index (χ2n) is 13.3. The van der Waals surface area contributed by atoms with Crippen LogP contribution in [-0.2, 0) is 6.42 Å². The van der Waals surface area contributed by atoms with Gasteiger partial charge in [-0.25, -0.2) is 22.5 Å². The summed E-state index contributed by atoms with van der Waals surface area (Å²) in [6, 6.07) is 5.58. The summed E-state index contributed by atoms with van der Waals surface area (Å²) in [5, 5.41) is 15.3.